The number of carboxylic acids is 1. The number of carboxylic acid groups (broad SMARTS) is 1. The molecular formula is C12H11N2O4-. The fraction of sp³-hybridized carbons (Fsp3) is 0.250. The molecule has 1 atom stereocenters. The Morgan fingerprint density at radius 2 is 2.06 bits per heavy atom. The minimum absolute atomic E-state index is 0.101. The van der Waals surface area contributed by atoms with Crippen LogP contribution in [0.25, 0.3) is 10.9 Å². The van der Waals surface area contributed by atoms with Crippen molar-refractivity contribution in [2.75, 3.05) is 0 Å². The number of fused-ring (bicyclic) bond motifs is 1. The van der Waals surface area contributed by atoms with Crippen molar-refractivity contribution in [2.24, 2.45) is 0 Å². The first kappa shape index (κ1) is 12.1. The number of para-hydroxylation sites is 1. The van der Waals surface area contributed by atoms with Crippen molar-refractivity contribution < 1.29 is 9.90 Å². The molecule has 2 rings (SSSR count). The second-order valence-corrected chi connectivity index (χ2v) is 3.89. The third kappa shape index (κ3) is 1.81. The van der Waals surface area contributed by atoms with Crippen LogP contribution < -0.4 is 16.4 Å². The molecule has 0 amide bonds. The maximum Gasteiger partial charge on any atom is 0.329 e. The molecule has 18 heavy (non-hydrogen) atoms. The number of hydrogen-bond acceptors (Lipinski definition) is 4. The summed E-state index contributed by atoms with van der Waals surface area (Å²) < 4.78 is 0.692. The summed E-state index contributed by atoms with van der Waals surface area (Å²) in [5, 5.41) is 11.2. The van der Waals surface area contributed by atoms with Gasteiger partial charge in [-0.15, -0.1) is 0 Å². The number of rotatable bonds is 3. The molecule has 94 valence electrons. The van der Waals surface area contributed by atoms with E-state index in [-0.39, 0.29) is 11.8 Å². The summed E-state index contributed by atoms with van der Waals surface area (Å²) >= 11 is 0. The summed E-state index contributed by atoms with van der Waals surface area (Å²) in [5.41, 5.74) is -0.975. The first-order chi connectivity index (χ1) is 8.56. The van der Waals surface area contributed by atoms with E-state index in [9.17, 15) is 19.5 Å². The minimum Gasteiger partial charge on any atom is -0.548 e. The van der Waals surface area contributed by atoms with Gasteiger partial charge in [-0.1, -0.05) is 19.1 Å². The maximum atomic E-state index is 12.1. The molecular weight excluding hydrogens is 236 g/mol. The normalized spacial score (nSPS) is 12.5. The number of H-pyrrole nitrogens is 1. The van der Waals surface area contributed by atoms with Gasteiger partial charge in [0.15, 0.2) is 0 Å². The highest BCUT2D eigenvalue weighted by molar-refractivity contribution is 5.77. The zero-order valence-corrected chi connectivity index (χ0v) is 9.67. The lowest BCUT2D eigenvalue weighted by Crippen LogP contribution is -2.45. The van der Waals surface area contributed by atoms with Gasteiger partial charge in [0.1, 0.15) is 0 Å². The number of carbonyl (C=O) groups is 1. The van der Waals surface area contributed by atoms with Gasteiger partial charge >= 0.3 is 5.69 Å². The Morgan fingerprint density at radius 1 is 1.39 bits per heavy atom. The minimum atomic E-state index is -1.44. The highest BCUT2D eigenvalue weighted by atomic mass is 16.4. The molecule has 6 nitrogen and oxygen atoms in total. The van der Waals surface area contributed by atoms with Gasteiger partial charge < -0.3 is 14.9 Å². The molecule has 6 heteroatoms. The van der Waals surface area contributed by atoms with Gasteiger partial charge in [-0.3, -0.25) is 9.36 Å². The number of nitrogens with zero attached hydrogens (tertiary/aromatic N) is 1. The van der Waals surface area contributed by atoms with Gasteiger partial charge in [-0.05, 0) is 18.6 Å². The molecule has 0 spiro atoms. The van der Waals surface area contributed by atoms with E-state index in [0.29, 0.717) is 10.1 Å². The Balaban J connectivity index is 2.84. The third-order valence-electron chi connectivity index (χ3n) is 2.81. The van der Waals surface area contributed by atoms with E-state index in [1.165, 1.54) is 6.07 Å². The molecule has 1 aromatic carbocycles. The van der Waals surface area contributed by atoms with Crippen molar-refractivity contribution in [3.05, 3.63) is 45.1 Å². The summed E-state index contributed by atoms with van der Waals surface area (Å²) in [4.78, 5) is 37.3. The molecule has 0 aliphatic heterocycles. The number of nitrogens with one attached hydrogen (secondary N) is 1. The molecule has 0 saturated carbocycles. The first-order valence-corrected chi connectivity index (χ1v) is 5.50. The summed E-state index contributed by atoms with van der Waals surface area (Å²) in [6, 6.07) is 5.19. The molecule has 0 unspecified atom stereocenters. The fourth-order valence-electron chi connectivity index (χ4n) is 1.91. The van der Waals surface area contributed by atoms with E-state index in [1.54, 1.807) is 25.1 Å². The van der Waals surface area contributed by atoms with Crippen LogP contribution in [0.5, 0.6) is 0 Å². The Bertz CT molecular complexity index is 714. The van der Waals surface area contributed by atoms with Crippen LogP contribution in [0.15, 0.2) is 33.9 Å². The van der Waals surface area contributed by atoms with E-state index in [0.717, 1.165) is 0 Å². The van der Waals surface area contributed by atoms with Gasteiger partial charge in [0.25, 0.3) is 5.56 Å². The quantitative estimate of drug-likeness (QED) is 0.782. The topological polar surface area (TPSA) is 95.0 Å². The van der Waals surface area contributed by atoms with Crippen LogP contribution in [-0.2, 0) is 4.79 Å². The van der Waals surface area contributed by atoms with Crippen molar-refractivity contribution in [1.29, 1.82) is 0 Å². The molecule has 1 N–H and O–H groups in total. The third-order valence-corrected chi connectivity index (χ3v) is 2.81. The van der Waals surface area contributed by atoms with Gasteiger partial charge in [-0.25, -0.2) is 4.79 Å². The monoisotopic (exact) mass is 247 g/mol. The van der Waals surface area contributed by atoms with Gasteiger partial charge in [0.2, 0.25) is 0 Å². The van der Waals surface area contributed by atoms with E-state index in [4.69, 9.17) is 0 Å². The number of aromatic amines is 1. The SMILES string of the molecule is CC[C@@H](C(=O)[O-])n1c(=O)[nH]c2ccccc2c1=O. The van der Waals surface area contributed by atoms with Gasteiger partial charge in [0, 0.05) is 0 Å². The smallest absolute Gasteiger partial charge is 0.329 e. The van der Waals surface area contributed by atoms with Crippen molar-refractivity contribution in [3.8, 4) is 0 Å². The second-order valence-electron chi connectivity index (χ2n) is 3.89. The Labute approximate surface area is 102 Å². The Morgan fingerprint density at radius 3 is 2.67 bits per heavy atom. The Kier molecular flexibility index (Phi) is 3.01. The first-order valence-electron chi connectivity index (χ1n) is 5.50. The molecule has 0 bridgehead atoms. The van der Waals surface area contributed by atoms with E-state index in [2.05, 4.69) is 4.98 Å². The van der Waals surface area contributed by atoms with Crippen LogP contribution in [0, 0.1) is 0 Å². The lowest BCUT2D eigenvalue weighted by atomic mass is 10.2. The average Bonchev–Trinajstić information content (AvgIpc) is 2.34. The van der Waals surface area contributed by atoms with Crippen LogP contribution >= 0.6 is 0 Å². The van der Waals surface area contributed by atoms with Crippen molar-refractivity contribution in [2.45, 2.75) is 19.4 Å². The highest BCUT2D eigenvalue weighted by Crippen LogP contribution is 2.08. The predicted molar refractivity (Wildman–Crippen MR) is 63.2 cm³/mol. The zero-order valence-electron chi connectivity index (χ0n) is 9.67. The molecule has 1 heterocycles. The second kappa shape index (κ2) is 4.48. The number of aromatic nitrogens is 2. The zero-order chi connectivity index (χ0) is 13.3. The van der Waals surface area contributed by atoms with Crippen LogP contribution in [-0.4, -0.2) is 15.5 Å². The molecule has 2 aromatic rings. The van der Waals surface area contributed by atoms with Gasteiger partial charge in [-0.2, -0.15) is 0 Å². The lowest BCUT2D eigenvalue weighted by Gasteiger charge is -2.18. The van der Waals surface area contributed by atoms with Crippen LogP contribution in [0.2, 0.25) is 0 Å². The van der Waals surface area contributed by atoms with Crippen LogP contribution in [0.4, 0.5) is 0 Å². The fourth-order valence-corrected chi connectivity index (χ4v) is 1.91. The standard InChI is InChI=1S/C12H12N2O4/c1-2-9(11(16)17)14-10(15)7-5-3-4-6-8(7)13-12(14)18/h3-6,9H,2H2,1H3,(H,13,18)(H,16,17)/p-1/t9-/m0/s1. The average molecular weight is 247 g/mol. The van der Waals surface area contributed by atoms with Crippen molar-refractivity contribution in [1.82, 2.24) is 9.55 Å². The highest BCUT2D eigenvalue weighted by Gasteiger charge is 2.16. The van der Waals surface area contributed by atoms with E-state index >= 15 is 0 Å². The van der Waals surface area contributed by atoms with Gasteiger partial charge in [0.05, 0.1) is 22.9 Å². The largest absolute Gasteiger partial charge is 0.548 e. The molecule has 0 aliphatic carbocycles. The van der Waals surface area contributed by atoms with Crippen molar-refractivity contribution >= 4 is 16.9 Å². The number of hydrogen-bond donors (Lipinski definition) is 1. The number of aliphatic carboxylic acids is 1. The molecule has 0 aliphatic rings. The summed E-state index contributed by atoms with van der Waals surface area (Å²) in [6.07, 6.45) is 0.101. The summed E-state index contributed by atoms with van der Waals surface area (Å²) in [6.45, 7) is 1.57. The van der Waals surface area contributed by atoms with Crippen LogP contribution in [0.3, 0.4) is 0 Å². The molecule has 0 fully saturated rings. The number of carbonyl (C=O) groups excluding carboxylic acids is 1. The summed E-state index contributed by atoms with van der Waals surface area (Å²) in [7, 11) is 0. The number of benzene rings is 1. The summed E-state index contributed by atoms with van der Waals surface area (Å²) in [5.74, 6) is -1.44. The molecule has 0 saturated heterocycles. The van der Waals surface area contributed by atoms with Crippen molar-refractivity contribution in [3.63, 3.8) is 0 Å². The predicted octanol–water partition coefficient (Wildman–Crippen LogP) is -0.609. The lowest BCUT2D eigenvalue weighted by molar-refractivity contribution is -0.310. The van der Waals surface area contributed by atoms with E-state index < -0.39 is 23.3 Å². The van der Waals surface area contributed by atoms with E-state index in [1.807, 2.05) is 0 Å². The molecule has 1 aromatic heterocycles. The molecule has 0 radical (unpaired) electrons. The van der Waals surface area contributed by atoms with Crippen LogP contribution in [0.1, 0.15) is 19.4 Å². The Hall–Kier alpha value is -2.37. The maximum absolute atomic E-state index is 12.1.